The molecule has 5 heteroatoms. The number of nitrogen functional groups attached to an aromatic ring is 1. The van der Waals surface area contributed by atoms with Gasteiger partial charge in [-0.05, 0) is 19.4 Å². The number of hydrogen-bond donors (Lipinski definition) is 1. The molecular weight excluding hydrogens is 228 g/mol. The number of rotatable bonds is 6. The van der Waals surface area contributed by atoms with Crippen LogP contribution in [0, 0.1) is 11.3 Å². The average molecular weight is 248 g/mol. The maximum Gasteiger partial charge on any atom is 0.153 e. The van der Waals surface area contributed by atoms with E-state index in [1.54, 1.807) is 19.4 Å². The van der Waals surface area contributed by atoms with Gasteiger partial charge in [-0.15, -0.1) is 0 Å². The Bertz CT molecular complexity index is 427. The van der Waals surface area contributed by atoms with E-state index in [0.717, 1.165) is 6.42 Å². The van der Waals surface area contributed by atoms with E-state index in [4.69, 9.17) is 15.7 Å². The minimum Gasteiger partial charge on any atom is -0.395 e. The van der Waals surface area contributed by atoms with Crippen LogP contribution in [0.1, 0.15) is 25.8 Å². The zero-order valence-electron chi connectivity index (χ0n) is 11.2. The summed E-state index contributed by atoms with van der Waals surface area (Å²) in [7, 11) is 1.66. The lowest BCUT2D eigenvalue weighted by atomic mass is 10.1. The molecule has 1 atom stereocenters. The lowest BCUT2D eigenvalue weighted by Crippen LogP contribution is -2.36. The van der Waals surface area contributed by atoms with Gasteiger partial charge in [0.05, 0.1) is 17.9 Å². The smallest absolute Gasteiger partial charge is 0.153 e. The first-order valence-electron chi connectivity index (χ1n) is 6.05. The third-order valence-electron chi connectivity index (χ3n) is 3.02. The van der Waals surface area contributed by atoms with E-state index in [9.17, 15) is 0 Å². The number of aromatic nitrogens is 1. The van der Waals surface area contributed by atoms with Crippen molar-refractivity contribution in [3.63, 3.8) is 0 Å². The number of pyridine rings is 1. The van der Waals surface area contributed by atoms with Crippen LogP contribution in [0.4, 0.5) is 11.5 Å². The molecule has 0 aliphatic heterocycles. The molecule has 2 N–H and O–H groups in total. The largest absolute Gasteiger partial charge is 0.395 e. The first kappa shape index (κ1) is 14.3. The lowest BCUT2D eigenvalue weighted by molar-refractivity contribution is 0.203. The fraction of sp³-hybridized carbons (Fsp3) is 0.538. The van der Waals surface area contributed by atoms with Crippen molar-refractivity contribution in [2.75, 3.05) is 30.9 Å². The standard InChI is InChI=1S/C13H20N4O/c1-4-10(2)17(7-8-18-3)13-12(15)11(9-14)5-6-16-13/h5-6,10H,4,7-8,15H2,1-3H3. The van der Waals surface area contributed by atoms with Crippen molar-refractivity contribution in [1.82, 2.24) is 4.98 Å². The summed E-state index contributed by atoms with van der Waals surface area (Å²) in [4.78, 5) is 6.39. The molecule has 1 aromatic heterocycles. The molecule has 1 aromatic rings. The highest BCUT2D eigenvalue weighted by molar-refractivity contribution is 5.70. The number of nitriles is 1. The molecule has 0 radical (unpaired) electrons. The predicted octanol–water partition coefficient (Wildman–Crippen LogP) is 1.79. The van der Waals surface area contributed by atoms with Gasteiger partial charge in [-0.1, -0.05) is 6.92 Å². The zero-order valence-corrected chi connectivity index (χ0v) is 11.2. The van der Waals surface area contributed by atoms with Crippen LogP contribution >= 0.6 is 0 Å². The van der Waals surface area contributed by atoms with Crippen LogP contribution in [-0.4, -0.2) is 31.3 Å². The Morgan fingerprint density at radius 2 is 2.33 bits per heavy atom. The third kappa shape index (κ3) is 3.11. The second-order valence-electron chi connectivity index (χ2n) is 4.15. The van der Waals surface area contributed by atoms with Gasteiger partial charge >= 0.3 is 0 Å². The fourth-order valence-electron chi connectivity index (χ4n) is 1.73. The van der Waals surface area contributed by atoms with Crippen molar-refractivity contribution in [2.45, 2.75) is 26.3 Å². The Labute approximate surface area is 108 Å². The summed E-state index contributed by atoms with van der Waals surface area (Å²) in [6.45, 7) is 5.52. The van der Waals surface area contributed by atoms with E-state index < -0.39 is 0 Å². The molecule has 98 valence electrons. The number of hydrogen-bond acceptors (Lipinski definition) is 5. The van der Waals surface area contributed by atoms with Crippen LogP contribution < -0.4 is 10.6 Å². The van der Waals surface area contributed by atoms with Gasteiger partial charge in [-0.2, -0.15) is 5.26 Å². The molecule has 1 heterocycles. The molecule has 0 amide bonds. The molecule has 0 fully saturated rings. The Hall–Kier alpha value is -1.80. The van der Waals surface area contributed by atoms with Crippen LogP contribution in [0.5, 0.6) is 0 Å². The molecule has 18 heavy (non-hydrogen) atoms. The molecule has 5 nitrogen and oxygen atoms in total. The lowest BCUT2D eigenvalue weighted by Gasteiger charge is -2.30. The molecule has 0 spiro atoms. The van der Waals surface area contributed by atoms with Crippen molar-refractivity contribution >= 4 is 11.5 Å². The highest BCUT2D eigenvalue weighted by atomic mass is 16.5. The molecule has 1 unspecified atom stereocenters. The van der Waals surface area contributed by atoms with E-state index in [2.05, 4.69) is 29.8 Å². The third-order valence-corrected chi connectivity index (χ3v) is 3.02. The van der Waals surface area contributed by atoms with Crippen molar-refractivity contribution in [1.29, 1.82) is 5.26 Å². The highest BCUT2D eigenvalue weighted by Gasteiger charge is 2.18. The van der Waals surface area contributed by atoms with E-state index in [-0.39, 0.29) is 0 Å². The van der Waals surface area contributed by atoms with Gasteiger partial charge in [0.2, 0.25) is 0 Å². The second-order valence-corrected chi connectivity index (χ2v) is 4.15. The van der Waals surface area contributed by atoms with Gasteiger partial charge in [-0.25, -0.2) is 4.98 Å². The van der Waals surface area contributed by atoms with Gasteiger partial charge < -0.3 is 15.4 Å². The predicted molar refractivity (Wildman–Crippen MR) is 72.3 cm³/mol. The fourth-order valence-corrected chi connectivity index (χ4v) is 1.73. The molecular formula is C13H20N4O. The SMILES string of the molecule is CCC(C)N(CCOC)c1nccc(C#N)c1N. The van der Waals surface area contributed by atoms with Gasteiger partial charge in [0.25, 0.3) is 0 Å². The minimum absolute atomic E-state index is 0.295. The van der Waals surface area contributed by atoms with Gasteiger partial charge in [0, 0.05) is 25.9 Å². The highest BCUT2D eigenvalue weighted by Crippen LogP contribution is 2.25. The molecule has 0 bridgehead atoms. The van der Waals surface area contributed by atoms with Gasteiger partial charge in [0.15, 0.2) is 5.82 Å². The van der Waals surface area contributed by atoms with E-state index >= 15 is 0 Å². The average Bonchev–Trinajstić information content (AvgIpc) is 2.40. The molecule has 0 saturated heterocycles. The second kappa shape index (κ2) is 6.82. The summed E-state index contributed by atoms with van der Waals surface area (Å²) < 4.78 is 5.11. The number of nitrogens with zero attached hydrogens (tertiary/aromatic N) is 3. The topological polar surface area (TPSA) is 75.2 Å². The normalized spacial score (nSPS) is 11.9. The van der Waals surface area contributed by atoms with Crippen LogP contribution in [0.25, 0.3) is 0 Å². The molecule has 1 rings (SSSR count). The minimum atomic E-state index is 0.295. The Balaban J connectivity index is 3.09. The molecule has 0 aromatic carbocycles. The Morgan fingerprint density at radius 3 is 2.89 bits per heavy atom. The maximum absolute atomic E-state index is 9.00. The summed E-state index contributed by atoms with van der Waals surface area (Å²) in [5, 5.41) is 9.00. The first-order chi connectivity index (χ1) is 8.65. The number of nitrogens with two attached hydrogens (primary N) is 1. The monoisotopic (exact) mass is 248 g/mol. The Kier molecular flexibility index (Phi) is 5.40. The summed E-state index contributed by atoms with van der Waals surface area (Å²) in [5.74, 6) is 0.667. The van der Waals surface area contributed by atoms with Crippen molar-refractivity contribution < 1.29 is 4.74 Å². The van der Waals surface area contributed by atoms with Crippen LogP contribution in [0.15, 0.2) is 12.3 Å². The number of anilines is 2. The zero-order chi connectivity index (χ0) is 13.5. The van der Waals surface area contributed by atoms with Crippen molar-refractivity contribution in [3.8, 4) is 6.07 Å². The van der Waals surface area contributed by atoms with E-state index in [0.29, 0.717) is 36.3 Å². The first-order valence-corrected chi connectivity index (χ1v) is 6.05. The summed E-state index contributed by atoms with van der Waals surface area (Å²) in [5.41, 5.74) is 6.90. The molecule has 0 aliphatic rings. The maximum atomic E-state index is 9.00. The van der Waals surface area contributed by atoms with Crippen LogP contribution in [0.3, 0.4) is 0 Å². The van der Waals surface area contributed by atoms with Gasteiger partial charge in [0.1, 0.15) is 6.07 Å². The molecule has 0 aliphatic carbocycles. The number of methoxy groups -OCH3 is 1. The summed E-state index contributed by atoms with van der Waals surface area (Å²) in [6.07, 6.45) is 2.59. The summed E-state index contributed by atoms with van der Waals surface area (Å²) in [6, 6.07) is 4.00. The number of ether oxygens (including phenoxy) is 1. The van der Waals surface area contributed by atoms with Crippen molar-refractivity contribution in [3.05, 3.63) is 17.8 Å². The van der Waals surface area contributed by atoms with E-state index in [1.165, 1.54) is 0 Å². The van der Waals surface area contributed by atoms with Crippen LogP contribution in [-0.2, 0) is 4.74 Å². The van der Waals surface area contributed by atoms with Crippen molar-refractivity contribution in [2.24, 2.45) is 0 Å². The van der Waals surface area contributed by atoms with Crippen LogP contribution in [0.2, 0.25) is 0 Å². The quantitative estimate of drug-likeness (QED) is 0.830. The van der Waals surface area contributed by atoms with Gasteiger partial charge in [-0.3, -0.25) is 0 Å². The Morgan fingerprint density at radius 1 is 1.61 bits per heavy atom. The molecule has 0 saturated carbocycles. The summed E-state index contributed by atoms with van der Waals surface area (Å²) >= 11 is 0. The van der Waals surface area contributed by atoms with E-state index in [1.807, 2.05) is 0 Å².